The molecule has 14 heteroatoms. The molecule has 0 saturated carbocycles. The van der Waals surface area contributed by atoms with Crippen LogP contribution in [0, 0.1) is 12.7 Å². The van der Waals surface area contributed by atoms with Crippen LogP contribution >= 0.6 is 23.1 Å². The molecular weight excluding hydrogens is 634 g/mol. The number of carbonyl (C=O) groups excluding carboxylic acids is 4. The number of carbonyl (C=O) groups is 4. The average Bonchev–Trinajstić information content (AvgIpc) is 3.58. The molecule has 0 bridgehead atoms. The van der Waals surface area contributed by atoms with Crippen molar-refractivity contribution in [1.82, 2.24) is 20.1 Å². The molecule has 2 aromatic carbocycles. The van der Waals surface area contributed by atoms with Crippen molar-refractivity contribution in [3.05, 3.63) is 93.4 Å². The van der Waals surface area contributed by atoms with Gasteiger partial charge in [0.1, 0.15) is 15.7 Å². The van der Waals surface area contributed by atoms with E-state index in [0.717, 1.165) is 28.7 Å². The average molecular weight is 668 g/mol. The number of thioether (sulfide) groups is 1. The molecule has 0 aliphatic rings. The number of nitrogens with one attached hydrogen (secondary N) is 2. The maximum atomic E-state index is 14.2. The zero-order valence-corrected chi connectivity index (χ0v) is 27.4. The van der Waals surface area contributed by atoms with Crippen LogP contribution in [0.1, 0.15) is 68.1 Å². The van der Waals surface area contributed by atoms with Crippen LogP contribution in [0.5, 0.6) is 0 Å². The molecule has 0 saturated heterocycles. The molecule has 0 spiro atoms. The van der Waals surface area contributed by atoms with Gasteiger partial charge >= 0.3 is 11.9 Å². The number of amides is 2. The van der Waals surface area contributed by atoms with E-state index in [4.69, 9.17) is 9.47 Å². The topological polar surface area (TPSA) is 142 Å². The van der Waals surface area contributed by atoms with Crippen molar-refractivity contribution in [2.24, 2.45) is 0 Å². The first-order chi connectivity index (χ1) is 22.1. The van der Waals surface area contributed by atoms with Gasteiger partial charge in [0.25, 0.3) is 5.91 Å². The van der Waals surface area contributed by atoms with Crippen molar-refractivity contribution >= 4 is 51.9 Å². The van der Waals surface area contributed by atoms with Crippen LogP contribution in [0.3, 0.4) is 0 Å². The van der Waals surface area contributed by atoms with E-state index < -0.39 is 34.8 Å². The molecule has 4 rings (SSSR count). The fourth-order valence-electron chi connectivity index (χ4n) is 4.41. The van der Waals surface area contributed by atoms with Crippen LogP contribution in [-0.2, 0) is 33.8 Å². The summed E-state index contributed by atoms with van der Waals surface area (Å²) < 4.78 is 26.3. The summed E-state index contributed by atoms with van der Waals surface area (Å²) in [6.45, 7) is 7.30. The van der Waals surface area contributed by atoms with E-state index >= 15 is 0 Å². The SMILES string of the molecule is CCOC(=O)c1sc(NC(=O)[C@H](C)Sc2nnc(CNC(=O)c3ccccc3F)n2CCc2ccccc2)c(C(=O)OCC)c1C. The molecule has 2 N–H and O–H groups in total. The Morgan fingerprint density at radius 3 is 2.35 bits per heavy atom. The minimum absolute atomic E-state index is 0.0237. The molecular formula is C32H34FN5O6S2. The van der Waals surface area contributed by atoms with Gasteiger partial charge in [-0.1, -0.05) is 54.2 Å². The quantitative estimate of drug-likeness (QED) is 0.133. The number of aryl methyl sites for hydroxylation is 1. The number of rotatable bonds is 14. The monoisotopic (exact) mass is 667 g/mol. The van der Waals surface area contributed by atoms with Crippen LogP contribution in [-0.4, -0.2) is 57.0 Å². The van der Waals surface area contributed by atoms with Gasteiger partial charge in [0, 0.05) is 6.54 Å². The first-order valence-corrected chi connectivity index (χ1v) is 16.3. The van der Waals surface area contributed by atoms with Crippen LogP contribution in [0.15, 0.2) is 59.8 Å². The molecule has 2 aromatic heterocycles. The number of ether oxygens (including phenoxy) is 2. The van der Waals surface area contributed by atoms with Crippen molar-refractivity contribution in [1.29, 1.82) is 0 Å². The Morgan fingerprint density at radius 1 is 0.978 bits per heavy atom. The second kappa shape index (κ2) is 16.1. The molecule has 242 valence electrons. The lowest BCUT2D eigenvalue weighted by Gasteiger charge is -2.14. The molecule has 0 unspecified atom stereocenters. The van der Waals surface area contributed by atoms with Crippen LogP contribution in [0.2, 0.25) is 0 Å². The number of anilines is 1. The molecule has 2 amide bonds. The van der Waals surface area contributed by atoms with Crippen molar-refractivity contribution in [2.75, 3.05) is 18.5 Å². The van der Waals surface area contributed by atoms with Crippen LogP contribution in [0.25, 0.3) is 0 Å². The Balaban J connectivity index is 1.54. The Bertz CT molecular complexity index is 1710. The number of esters is 2. The van der Waals surface area contributed by atoms with Gasteiger partial charge < -0.3 is 24.7 Å². The molecule has 0 radical (unpaired) electrons. The highest BCUT2D eigenvalue weighted by molar-refractivity contribution is 8.00. The number of hydrogen-bond acceptors (Lipinski definition) is 10. The number of halogens is 1. The summed E-state index contributed by atoms with van der Waals surface area (Å²) in [4.78, 5) is 51.6. The third kappa shape index (κ3) is 8.37. The van der Waals surface area contributed by atoms with E-state index in [-0.39, 0.29) is 40.8 Å². The molecule has 0 fully saturated rings. The summed E-state index contributed by atoms with van der Waals surface area (Å²) in [7, 11) is 0. The second-order valence-corrected chi connectivity index (χ2v) is 12.2. The van der Waals surface area contributed by atoms with Gasteiger partial charge in [-0.3, -0.25) is 9.59 Å². The van der Waals surface area contributed by atoms with Gasteiger partial charge in [-0.25, -0.2) is 14.0 Å². The normalized spacial score (nSPS) is 11.5. The van der Waals surface area contributed by atoms with Gasteiger partial charge in [-0.2, -0.15) is 0 Å². The number of aromatic nitrogens is 3. The smallest absolute Gasteiger partial charge is 0.348 e. The number of hydrogen-bond donors (Lipinski definition) is 2. The fourth-order valence-corrected chi connectivity index (χ4v) is 6.40. The van der Waals surface area contributed by atoms with Crippen molar-refractivity contribution in [3.8, 4) is 0 Å². The van der Waals surface area contributed by atoms with E-state index in [9.17, 15) is 23.6 Å². The lowest BCUT2D eigenvalue weighted by Crippen LogP contribution is -2.26. The minimum atomic E-state index is -0.718. The third-order valence-electron chi connectivity index (χ3n) is 6.76. The minimum Gasteiger partial charge on any atom is -0.462 e. The lowest BCUT2D eigenvalue weighted by molar-refractivity contribution is -0.115. The van der Waals surface area contributed by atoms with E-state index in [1.54, 1.807) is 38.3 Å². The van der Waals surface area contributed by atoms with Crippen molar-refractivity contribution in [2.45, 2.75) is 57.6 Å². The van der Waals surface area contributed by atoms with Gasteiger partial charge in [0.05, 0.1) is 36.1 Å². The molecule has 1 atom stereocenters. The van der Waals surface area contributed by atoms with E-state index in [1.807, 2.05) is 30.3 Å². The predicted octanol–water partition coefficient (Wildman–Crippen LogP) is 5.43. The zero-order valence-electron chi connectivity index (χ0n) is 25.8. The maximum absolute atomic E-state index is 14.2. The molecule has 0 aliphatic carbocycles. The number of thiophene rings is 1. The Labute approximate surface area is 273 Å². The first-order valence-electron chi connectivity index (χ1n) is 14.6. The predicted molar refractivity (Wildman–Crippen MR) is 173 cm³/mol. The molecule has 46 heavy (non-hydrogen) atoms. The Morgan fingerprint density at radius 2 is 1.65 bits per heavy atom. The van der Waals surface area contributed by atoms with Gasteiger partial charge in [0.15, 0.2) is 11.0 Å². The summed E-state index contributed by atoms with van der Waals surface area (Å²) >= 11 is 2.08. The summed E-state index contributed by atoms with van der Waals surface area (Å²) in [6, 6.07) is 15.4. The Hall–Kier alpha value is -4.56. The lowest BCUT2D eigenvalue weighted by atomic mass is 10.1. The first kappa shape index (κ1) is 34.3. The van der Waals surface area contributed by atoms with E-state index in [0.29, 0.717) is 29.5 Å². The van der Waals surface area contributed by atoms with Crippen LogP contribution < -0.4 is 10.6 Å². The highest BCUT2D eigenvalue weighted by atomic mass is 32.2. The fraction of sp³-hybridized carbons (Fsp3) is 0.312. The summed E-state index contributed by atoms with van der Waals surface area (Å²) in [5.74, 6) is -2.51. The van der Waals surface area contributed by atoms with E-state index in [2.05, 4.69) is 20.8 Å². The number of benzene rings is 2. The summed E-state index contributed by atoms with van der Waals surface area (Å²) in [5.41, 5.74) is 1.44. The van der Waals surface area contributed by atoms with Gasteiger partial charge in [0.2, 0.25) is 5.91 Å². The molecule has 0 aliphatic heterocycles. The number of nitrogens with zero attached hydrogens (tertiary/aromatic N) is 3. The van der Waals surface area contributed by atoms with Crippen LogP contribution in [0.4, 0.5) is 9.39 Å². The highest BCUT2D eigenvalue weighted by Gasteiger charge is 2.29. The molecule has 4 aromatic rings. The van der Waals surface area contributed by atoms with Crippen molar-refractivity contribution < 1.29 is 33.0 Å². The van der Waals surface area contributed by atoms with Gasteiger partial charge in [-0.15, -0.1) is 21.5 Å². The maximum Gasteiger partial charge on any atom is 0.348 e. The summed E-state index contributed by atoms with van der Waals surface area (Å²) in [6.07, 6.45) is 0.620. The second-order valence-electron chi connectivity index (χ2n) is 9.90. The molecule has 11 nitrogen and oxygen atoms in total. The van der Waals surface area contributed by atoms with Gasteiger partial charge in [-0.05, 0) is 57.4 Å². The highest BCUT2D eigenvalue weighted by Crippen LogP contribution is 2.35. The van der Waals surface area contributed by atoms with Crippen molar-refractivity contribution in [3.63, 3.8) is 0 Å². The zero-order chi connectivity index (χ0) is 33.2. The Kier molecular flexibility index (Phi) is 12.0. The summed E-state index contributed by atoms with van der Waals surface area (Å²) in [5, 5.41) is 13.9. The molecule has 2 heterocycles. The largest absolute Gasteiger partial charge is 0.462 e. The van der Waals surface area contributed by atoms with E-state index in [1.165, 1.54) is 18.2 Å². The standard InChI is InChI=1S/C32H34FN5O6S2/c1-5-43-30(41)25-19(3)26(31(42)44-6-2)46-29(25)35-27(39)20(4)45-32-37-36-24(38(32)17-16-21-12-8-7-9-13-21)18-34-28(40)22-14-10-11-15-23(22)33/h7-15,20H,5-6,16-18H2,1-4H3,(H,34,40)(H,35,39)/t20-/m0/s1. The third-order valence-corrected chi connectivity index (χ3v) is 9.03.